The average molecular weight is 224 g/mol. The van der Waals surface area contributed by atoms with E-state index < -0.39 is 0 Å². The number of hydrogen-bond acceptors (Lipinski definition) is 3. The van der Waals surface area contributed by atoms with E-state index in [1.165, 1.54) is 0 Å². The molecule has 1 rings (SSSR count). The van der Waals surface area contributed by atoms with Crippen LogP contribution in [0, 0.1) is 6.92 Å². The molecule has 0 spiro atoms. The molecule has 16 heavy (non-hydrogen) atoms. The number of aryl methyl sites for hydroxylation is 1. The minimum Gasteiger partial charge on any atom is -0.356 e. The number of nitrogens with one attached hydrogen (secondary N) is 1. The summed E-state index contributed by atoms with van der Waals surface area (Å²) in [6.45, 7) is 8.39. The summed E-state index contributed by atoms with van der Waals surface area (Å²) in [4.78, 5) is 6.70. The van der Waals surface area contributed by atoms with Gasteiger partial charge in [0, 0.05) is 18.8 Å². The van der Waals surface area contributed by atoms with Gasteiger partial charge in [-0.1, -0.05) is 0 Å². The van der Waals surface area contributed by atoms with Crippen molar-refractivity contribution in [2.75, 3.05) is 32.5 Å². The monoisotopic (exact) mass is 224 g/mol. The second-order valence-electron chi connectivity index (χ2n) is 4.58. The fourth-order valence-electron chi connectivity index (χ4n) is 1.73. The summed E-state index contributed by atoms with van der Waals surface area (Å²) in [5, 5.41) is 3.30. The third-order valence-electron chi connectivity index (χ3n) is 2.66. The molecule has 0 amide bonds. The molecule has 1 aromatic rings. The maximum absolute atomic E-state index is 4.49. The van der Waals surface area contributed by atoms with Crippen molar-refractivity contribution in [3.05, 3.63) is 11.9 Å². The van der Waals surface area contributed by atoms with E-state index in [1.54, 1.807) is 0 Å². The van der Waals surface area contributed by atoms with Crippen molar-refractivity contribution in [1.82, 2.24) is 14.5 Å². The van der Waals surface area contributed by atoms with Crippen LogP contribution in [0.1, 0.15) is 32.0 Å². The first kappa shape index (κ1) is 13.0. The van der Waals surface area contributed by atoms with Gasteiger partial charge in [-0.05, 0) is 47.8 Å². The van der Waals surface area contributed by atoms with E-state index in [1.807, 2.05) is 6.92 Å². The summed E-state index contributed by atoms with van der Waals surface area (Å²) in [7, 11) is 4.22. The Hall–Kier alpha value is -1.03. The maximum atomic E-state index is 4.49. The number of hydrogen-bond donors (Lipinski definition) is 1. The fourth-order valence-corrected chi connectivity index (χ4v) is 1.73. The molecule has 1 unspecified atom stereocenters. The van der Waals surface area contributed by atoms with Crippen LogP contribution in [-0.2, 0) is 0 Å². The molecule has 0 aliphatic heterocycles. The molecule has 92 valence electrons. The van der Waals surface area contributed by atoms with E-state index in [0.717, 1.165) is 31.2 Å². The average Bonchev–Trinajstić information content (AvgIpc) is 2.56. The van der Waals surface area contributed by atoms with Crippen LogP contribution < -0.4 is 5.32 Å². The summed E-state index contributed by atoms with van der Waals surface area (Å²) < 4.78 is 2.24. The van der Waals surface area contributed by atoms with Crippen molar-refractivity contribution in [1.29, 1.82) is 0 Å². The summed E-state index contributed by atoms with van der Waals surface area (Å²) in [5.41, 5.74) is 1.08. The van der Waals surface area contributed by atoms with Crippen LogP contribution >= 0.6 is 0 Å². The van der Waals surface area contributed by atoms with Crippen molar-refractivity contribution in [3.63, 3.8) is 0 Å². The van der Waals surface area contributed by atoms with Gasteiger partial charge in [-0.25, -0.2) is 4.98 Å². The molecule has 0 saturated carbocycles. The van der Waals surface area contributed by atoms with Gasteiger partial charge in [0.15, 0.2) is 0 Å². The maximum Gasteiger partial charge on any atom is 0.203 e. The van der Waals surface area contributed by atoms with Gasteiger partial charge >= 0.3 is 0 Å². The fraction of sp³-hybridized carbons (Fsp3) is 0.750. The Morgan fingerprint density at radius 1 is 1.50 bits per heavy atom. The zero-order valence-corrected chi connectivity index (χ0v) is 11.1. The molecule has 0 aromatic carbocycles. The Labute approximate surface area is 98.7 Å². The zero-order valence-electron chi connectivity index (χ0n) is 11.1. The van der Waals surface area contributed by atoms with Crippen LogP contribution in [0.4, 0.5) is 5.95 Å². The SMILES string of the molecule is CCNc1nc(C)cn1C(C)CCN(C)C. The molecule has 0 aliphatic rings. The number of rotatable bonds is 6. The number of imidazole rings is 1. The van der Waals surface area contributed by atoms with Crippen LogP contribution in [0.2, 0.25) is 0 Å². The van der Waals surface area contributed by atoms with Crippen LogP contribution in [0.3, 0.4) is 0 Å². The first-order chi connectivity index (χ1) is 7.54. The van der Waals surface area contributed by atoms with E-state index in [0.29, 0.717) is 6.04 Å². The predicted octanol–water partition coefficient (Wildman–Crippen LogP) is 2.14. The van der Waals surface area contributed by atoms with E-state index in [9.17, 15) is 0 Å². The highest BCUT2D eigenvalue weighted by Crippen LogP contribution is 2.18. The summed E-state index contributed by atoms with van der Waals surface area (Å²) >= 11 is 0. The van der Waals surface area contributed by atoms with Gasteiger partial charge in [0.25, 0.3) is 0 Å². The summed E-state index contributed by atoms with van der Waals surface area (Å²) in [5.74, 6) is 0.992. The van der Waals surface area contributed by atoms with Crippen molar-refractivity contribution in [2.24, 2.45) is 0 Å². The molecule has 0 aliphatic carbocycles. The first-order valence-corrected chi connectivity index (χ1v) is 5.98. The van der Waals surface area contributed by atoms with Crippen LogP contribution in [0.15, 0.2) is 6.20 Å². The standard InChI is InChI=1S/C12H24N4/c1-6-13-12-14-10(2)9-16(12)11(3)7-8-15(4)5/h9,11H,6-8H2,1-5H3,(H,13,14). The van der Waals surface area contributed by atoms with Gasteiger partial charge in [0.05, 0.1) is 5.69 Å². The van der Waals surface area contributed by atoms with Crippen LogP contribution in [-0.4, -0.2) is 41.6 Å². The lowest BCUT2D eigenvalue weighted by molar-refractivity contribution is 0.359. The Morgan fingerprint density at radius 3 is 2.75 bits per heavy atom. The lowest BCUT2D eigenvalue weighted by atomic mass is 10.2. The number of nitrogens with zero attached hydrogens (tertiary/aromatic N) is 3. The number of anilines is 1. The highest BCUT2D eigenvalue weighted by Gasteiger charge is 2.11. The highest BCUT2D eigenvalue weighted by atomic mass is 15.2. The van der Waals surface area contributed by atoms with Gasteiger partial charge in [-0.2, -0.15) is 0 Å². The molecule has 1 heterocycles. The second-order valence-corrected chi connectivity index (χ2v) is 4.58. The lowest BCUT2D eigenvalue weighted by Gasteiger charge is -2.18. The molecule has 4 nitrogen and oxygen atoms in total. The molecule has 1 aromatic heterocycles. The first-order valence-electron chi connectivity index (χ1n) is 5.98. The van der Waals surface area contributed by atoms with Crippen LogP contribution in [0.5, 0.6) is 0 Å². The third-order valence-corrected chi connectivity index (χ3v) is 2.66. The predicted molar refractivity (Wildman–Crippen MR) is 69.0 cm³/mol. The van der Waals surface area contributed by atoms with Crippen molar-refractivity contribution in [3.8, 4) is 0 Å². The molecule has 0 radical (unpaired) electrons. The quantitative estimate of drug-likeness (QED) is 0.803. The Balaban J connectivity index is 2.69. The van der Waals surface area contributed by atoms with Gasteiger partial charge in [-0.15, -0.1) is 0 Å². The zero-order chi connectivity index (χ0) is 12.1. The van der Waals surface area contributed by atoms with Gasteiger partial charge in [0.2, 0.25) is 5.95 Å². The Kier molecular flexibility index (Phi) is 4.80. The number of aromatic nitrogens is 2. The van der Waals surface area contributed by atoms with Gasteiger partial charge < -0.3 is 14.8 Å². The van der Waals surface area contributed by atoms with Gasteiger partial charge in [-0.3, -0.25) is 0 Å². The largest absolute Gasteiger partial charge is 0.356 e. The lowest BCUT2D eigenvalue weighted by Crippen LogP contribution is -2.18. The van der Waals surface area contributed by atoms with Crippen molar-refractivity contribution < 1.29 is 0 Å². The van der Waals surface area contributed by atoms with Gasteiger partial charge in [0.1, 0.15) is 0 Å². The molecular formula is C12H24N4. The molecular weight excluding hydrogens is 200 g/mol. The molecule has 0 saturated heterocycles. The normalized spacial score (nSPS) is 13.1. The molecule has 1 N–H and O–H groups in total. The minimum absolute atomic E-state index is 0.484. The van der Waals surface area contributed by atoms with E-state index in [2.05, 4.69) is 53.9 Å². The minimum atomic E-state index is 0.484. The second kappa shape index (κ2) is 5.89. The topological polar surface area (TPSA) is 33.1 Å². The summed E-state index contributed by atoms with van der Waals surface area (Å²) in [6, 6.07) is 0.484. The van der Waals surface area contributed by atoms with E-state index >= 15 is 0 Å². The van der Waals surface area contributed by atoms with Crippen LogP contribution in [0.25, 0.3) is 0 Å². The molecule has 1 atom stereocenters. The van der Waals surface area contributed by atoms with Crippen molar-refractivity contribution in [2.45, 2.75) is 33.2 Å². The summed E-state index contributed by atoms with van der Waals surface area (Å²) in [6.07, 6.45) is 3.26. The molecule has 0 fully saturated rings. The van der Waals surface area contributed by atoms with E-state index in [-0.39, 0.29) is 0 Å². The Bertz CT molecular complexity index is 317. The van der Waals surface area contributed by atoms with E-state index in [4.69, 9.17) is 0 Å². The smallest absolute Gasteiger partial charge is 0.203 e. The third kappa shape index (κ3) is 3.52. The molecule has 4 heteroatoms. The highest BCUT2D eigenvalue weighted by molar-refractivity contribution is 5.29. The Morgan fingerprint density at radius 2 is 2.19 bits per heavy atom. The molecule has 0 bridgehead atoms. The van der Waals surface area contributed by atoms with Crippen molar-refractivity contribution >= 4 is 5.95 Å².